The smallest absolute Gasteiger partial charge is 0.167 e. The lowest BCUT2D eigenvalue weighted by Crippen LogP contribution is -2.33. The van der Waals surface area contributed by atoms with Gasteiger partial charge < -0.3 is 31.1 Å². The number of nitrogens with two attached hydrogens (primary N) is 1. The molecule has 22 heavy (non-hydrogen) atoms. The molecule has 0 radical (unpaired) electrons. The maximum absolute atomic E-state index is 10.1. The minimum absolute atomic E-state index is 0.389. The first kappa shape index (κ1) is 15.1. The van der Waals surface area contributed by atoms with Crippen LogP contribution in [0.3, 0.4) is 0 Å². The molecule has 1 aliphatic rings. The number of aliphatic hydroxyl groups is 3. The second-order valence-corrected chi connectivity index (χ2v) is 4.99. The average Bonchev–Trinajstić information content (AvgIpc) is 3.08. The largest absolute Gasteiger partial charge is 0.394 e. The lowest BCUT2D eigenvalue weighted by atomic mass is 10.1. The highest BCUT2D eigenvalue weighted by atomic mass is 16.6. The molecule has 3 rings (SSSR count). The Labute approximate surface area is 125 Å². The molecule has 120 valence electrons. The van der Waals surface area contributed by atoms with Crippen LogP contribution in [-0.4, -0.2) is 72.8 Å². The molecule has 0 aliphatic carbocycles. The molecule has 2 aromatic heterocycles. The summed E-state index contributed by atoms with van der Waals surface area (Å²) in [5, 5.41) is 32.1. The molecule has 4 atom stereocenters. The zero-order chi connectivity index (χ0) is 15.7. The van der Waals surface area contributed by atoms with Crippen molar-refractivity contribution in [2.45, 2.75) is 24.5 Å². The third-order valence-electron chi connectivity index (χ3n) is 3.59. The first-order chi connectivity index (χ1) is 10.7. The average molecular weight is 310 g/mol. The van der Waals surface area contributed by atoms with Crippen LogP contribution in [0.4, 0.5) is 5.82 Å². The van der Waals surface area contributed by atoms with Crippen LogP contribution in [-0.2, 0) is 4.74 Å². The molecule has 6 N–H and O–H groups in total. The fourth-order valence-corrected chi connectivity index (χ4v) is 2.47. The molecule has 1 saturated heterocycles. The molecule has 1 aliphatic heterocycles. The summed E-state index contributed by atoms with van der Waals surface area (Å²) in [6.45, 7) is 0.591. The van der Waals surface area contributed by atoms with E-state index in [1.807, 2.05) is 0 Å². The maximum atomic E-state index is 10.1. The first-order valence-electron chi connectivity index (χ1n) is 6.91. The van der Waals surface area contributed by atoms with Crippen molar-refractivity contribution in [1.82, 2.24) is 19.5 Å². The van der Waals surface area contributed by atoms with Gasteiger partial charge in [-0.15, -0.1) is 0 Å². The lowest BCUT2D eigenvalue weighted by Gasteiger charge is -2.16. The van der Waals surface area contributed by atoms with E-state index >= 15 is 0 Å². The van der Waals surface area contributed by atoms with Crippen LogP contribution in [0.1, 0.15) is 6.23 Å². The van der Waals surface area contributed by atoms with Crippen molar-refractivity contribution in [3.8, 4) is 0 Å². The molecular weight excluding hydrogens is 292 g/mol. The van der Waals surface area contributed by atoms with Gasteiger partial charge in [0, 0.05) is 13.1 Å². The van der Waals surface area contributed by atoms with Gasteiger partial charge in [0.2, 0.25) is 0 Å². The summed E-state index contributed by atoms with van der Waals surface area (Å²) < 4.78 is 6.99. The van der Waals surface area contributed by atoms with Gasteiger partial charge in [0.05, 0.1) is 12.9 Å². The number of aromatic nitrogens is 4. The SMILES string of the molecule is NCCNc1ncnc2c1ncn2[C@@H]1O[C@H](CO)[C@@H](O)[C@H]1O. The number of ether oxygens (including phenoxy) is 1. The summed E-state index contributed by atoms with van der Waals surface area (Å²) in [5.74, 6) is 0.529. The van der Waals surface area contributed by atoms with Crippen LogP contribution in [0.25, 0.3) is 11.2 Å². The van der Waals surface area contributed by atoms with Gasteiger partial charge >= 0.3 is 0 Å². The van der Waals surface area contributed by atoms with E-state index in [1.54, 1.807) is 0 Å². The van der Waals surface area contributed by atoms with Gasteiger partial charge in [-0.25, -0.2) is 15.0 Å². The van der Waals surface area contributed by atoms with Crippen molar-refractivity contribution in [3.05, 3.63) is 12.7 Å². The molecule has 0 aromatic carbocycles. The second kappa shape index (κ2) is 6.10. The van der Waals surface area contributed by atoms with Gasteiger partial charge in [0.25, 0.3) is 0 Å². The second-order valence-electron chi connectivity index (χ2n) is 4.99. The highest BCUT2D eigenvalue weighted by Gasteiger charge is 2.43. The molecule has 0 saturated carbocycles. The zero-order valence-corrected chi connectivity index (χ0v) is 11.7. The monoisotopic (exact) mass is 310 g/mol. The number of hydrogen-bond donors (Lipinski definition) is 5. The van der Waals surface area contributed by atoms with Crippen molar-refractivity contribution >= 4 is 17.0 Å². The lowest BCUT2D eigenvalue weighted by molar-refractivity contribution is -0.0511. The van der Waals surface area contributed by atoms with Crippen LogP contribution in [0.2, 0.25) is 0 Å². The number of anilines is 1. The van der Waals surface area contributed by atoms with E-state index < -0.39 is 24.5 Å². The van der Waals surface area contributed by atoms with E-state index in [1.165, 1.54) is 17.2 Å². The maximum Gasteiger partial charge on any atom is 0.167 e. The number of fused-ring (bicyclic) bond motifs is 1. The minimum atomic E-state index is -1.19. The van der Waals surface area contributed by atoms with E-state index in [4.69, 9.17) is 15.6 Å². The van der Waals surface area contributed by atoms with Crippen molar-refractivity contribution < 1.29 is 20.1 Å². The van der Waals surface area contributed by atoms with Crippen molar-refractivity contribution in [1.29, 1.82) is 0 Å². The molecule has 3 heterocycles. The summed E-state index contributed by atoms with van der Waals surface area (Å²) in [4.78, 5) is 12.5. The summed E-state index contributed by atoms with van der Waals surface area (Å²) >= 11 is 0. The van der Waals surface area contributed by atoms with Gasteiger partial charge in [0.15, 0.2) is 23.2 Å². The predicted octanol–water partition coefficient (Wildman–Crippen LogP) is -2.19. The van der Waals surface area contributed by atoms with Crippen LogP contribution in [0, 0.1) is 0 Å². The van der Waals surface area contributed by atoms with Crippen molar-refractivity contribution in [2.75, 3.05) is 25.0 Å². The standard InChI is InChI=1S/C12H18N6O4/c13-1-2-14-10-7-11(16-4-15-10)18(5-17-7)12-9(21)8(20)6(3-19)22-12/h4-6,8-9,12,19-21H,1-3,13H2,(H,14,15,16)/t6-,8-,9-,12-/m1/s1. The quantitative estimate of drug-likeness (QED) is 0.414. The molecule has 0 amide bonds. The Morgan fingerprint density at radius 3 is 2.77 bits per heavy atom. The molecule has 2 aromatic rings. The highest BCUT2D eigenvalue weighted by molar-refractivity contribution is 5.82. The van der Waals surface area contributed by atoms with Gasteiger partial charge in [-0.2, -0.15) is 0 Å². The van der Waals surface area contributed by atoms with Gasteiger partial charge in [-0.1, -0.05) is 0 Å². The van der Waals surface area contributed by atoms with E-state index in [-0.39, 0.29) is 6.61 Å². The Morgan fingerprint density at radius 2 is 2.09 bits per heavy atom. The normalized spacial score (nSPS) is 28.4. The molecule has 0 spiro atoms. The molecule has 1 fully saturated rings. The fourth-order valence-electron chi connectivity index (χ4n) is 2.47. The number of hydrogen-bond acceptors (Lipinski definition) is 9. The van der Waals surface area contributed by atoms with Crippen LogP contribution in [0.5, 0.6) is 0 Å². The van der Waals surface area contributed by atoms with Crippen molar-refractivity contribution in [2.24, 2.45) is 5.73 Å². The Balaban J connectivity index is 1.95. The Bertz CT molecular complexity index is 650. The van der Waals surface area contributed by atoms with Crippen LogP contribution in [0.15, 0.2) is 12.7 Å². The van der Waals surface area contributed by atoms with Crippen molar-refractivity contribution in [3.63, 3.8) is 0 Å². The topological polar surface area (TPSA) is 152 Å². The number of aliphatic hydroxyl groups excluding tert-OH is 3. The number of imidazole rings is 1. The third kappa shape index (κ3) is 2.40. The summed E-state index contributed by atoms with van der Waals surface area (Å²) in [5.41, 5.74) is 6.41. The Morgan fingerprint density at radius 1 is 1.27 bits per heavy atom. The number of nitrogens with one attached hydrogen (secondary N) is 1. The summed E-state index contributed by atoms with van der Waals surface area (Å²) in [7, 11) is 0. The molecule has 0 bridgehead atoms. The number of rotatable bonds is 5. The number of nitrogens with zero attached hydrogens (tertiary/aromatic N) is 4. The van der Waals surface area contributed by atoms with Crippen LogP contribution >= 0.6 is 0 Å². The minimum Gasteiger partial charge on any atom is -0.394 e. The summed E-state index contributed by atoms with van der Waals surface area (Å²) in [6.07, 6.45) is -1.29. The Hall–Kier alpha value is -1.85. The van der Waals surface area contributed by atoms with E-state index in [9.17, 15) is 10.2 Å². The zero-order valence-electron chi connectivity index (χ0n) is 11.7. The van der Waals surface area contributed by atoms with Gasteiger partial charge in [-0.05, 0) is 0 Å². The summed E-state index contributed by atoms with van der Waals surface area (Å²) in [6, 6.07) is 0. The molecule has 0 unspecified atom stereocenters. The molecule has 10 heteroatoms. The van der Waals surface area contributed by atoms with E-state index in [0.717, 1.165) is 0 Å². The third-order valence-corrected chi connectivity index (χ3v) is 3.59. The Kier molecular flexibility index (Phi) is 4.18. The first-order valence-corrected chi connectivity index (χ1v) is 6.91. The predicted molar refractivity (Wildman–Crippen MR) is 75.9 cm³/mol. The van der Waals surface area contributed by atoms with Gasteiger partial charge in [-0.3, -0.25) is 4.57 Å². The van der Waals surface area contributed by atoms with E-state index in [2.05, 4.69) is 20.3 Å². The van der Waals surface area contributed by atoms with E-state index in [0.29, 0.717) is 30.1 Å². The molecule has 10 nitrogen and oxygen atoms in total. The van der Waals surface area contributed by atoms with Gasteiger partial charge in [0.1, 0.15) is 24.6 Å². The molecular formula is C12H18N6O4. The fraction of sp³-hybridized carbons (Fsp3) is 0.583. The van der Waals surface area contributed by atoms with Crippen LogP contribution < -0.4 is 11.1 Å². The highest BCUT2D eigenvalue weighted by Crippen LogP contribution is 2.31.